The second kappa shape index (κ2) is 9.94. The van der Waals surface area contributed by atoms with Crippen LogP contribution in [0.2, 0.25) is 0 Å². The highest BCUT2D eigenvalue weighted by Crippen LogP contribution is 2.27. The number of urea groups is 1. The van der Waals surface area contributed by atoms with Gasteiger partial charge in [-0.1, -0.05) is 66.7 Å². The number of amides is 3. The van der Waals surface area contributed by atoms with E-state index in [1.165, 1.54) is 11.1 Å². The Kier molecular flexibility index (Phi) is 6.62. The number of benzene rings is 3. The third-order valence-corrected chi connectivity index (χ3v) is 5.61. The minimum atomic E-state index is -0.246. The number of hydrogen-bond acceptors (Lipinski definition) is 2. The van der Waals surface area contributed by atoms with E-state index in [-0.39, 0.29) is 17.9 Å². The lowest BCUT2D eigenvalue weighted by atomic mass is 9.88. The van der Waals surface area contributed by atoms with Gasteiger partial charge >= 0.3 is 6.03 Å². The standard InChI is InChI=1S/C26H27N3O2/c30-25-15-8-18-29(25)23-14-7-13-22(19-23)28-26(31)27-17-16-24(20-9-3-1-4-10-20)21-11-5-2-6-12-21/h1-7,9-14,19,24H,8,15-18H2,(H2,27,28,31). The number of carbonyl (C=O) groups excluding carboxylic acids is 2. The predicted octanol–water partition coefficient (Wildman–Crippen LogP) is 5.16. The molecule has 3 amide bonds. The van der Waals surface area contributed by atoms with Gasteiger partial charge in [0.1, 0.15) is 0 Å². The van der Waals surface area contributed by atoms with Gasteiger partial charge < -0.3 is 15.5 Å². The van der Waals surface area contributed by atoms with Gasteiger partial charge in [0.2, 0.25) is 5.91 Å². The van der Waals surface area contributed by atoms with E-state index in [9.17, 15) is 9.59 Å². The number of anilines is 2. The van der Waals surface area contributed by atoms with Crippen molar-refractivity contribution in [3.63, 3.8) is 0 Å². The van der Waals surface area contributed by atoms with Crippen molar-refractivity contribution in [2.75, 3.05) is 23.3 Å². The Bertz CT molecular complexity index is 982. The zero-order valence-electron chi connectivity index (χ0n) is 17.5. The van der Waals surface area contributed by atoms with Crippen molar-refractivity contribution in [3.05, 3.63) is 96.1 Å². The zero-order valence-corrected chi connectivity index (χ0v) is 17.5. The van der Waals surface area contributed by atoms with Gasteiger partial charge in [0.05, 0.1) is 0 Å². The summed E-state index contributed by atoms with van der Waals surface area (Å²) in [5.74, 6) is 0.349. The normalized spacial score (nSPS) is 13.5. The fraction of sp³-hybridized carbons (Fsp3) is 0.231. The molecule has 3 aromatic rings. The monoisotopic (exact) mass is 413 g/mol. The van der Waals surface area contributed by atoms with Crippen molar-refractivity contribution in [3.8, 4) is 0 Å². The van der Waals surface area contributed by atoms with Gasteiger partial charge in [-0.3, -0.25) is 4.79 Å². The average molecular weight is 414 g/mol. The first-order valence-corrected chi connectivity index (χ1v) is 10.8. The summed E-state index contributed by atoms with van der Waals surface area (Å²) >= 11 is 0. The summed E-state index contributed by atoms with van der Waals surface area (Å²) in [6.45, 7) is 1.28. The molecule has 0 bridgehead atoms. The van der Waals surface area contributed by atoms with Crippen LogP contribution in [0.15, 0.2) is 84.9 Å². The van der Waals surface area contributed by atoms with Crippen LogP contribution in [0.5, 0.6) is 0 Å². The molecule has 1 aliphatic heterocycles. The maximum absolute atomic E-state index is 12.5. The lowest BCUT2D eigenvalue weighted by Crippen LogP contribution is -2.30. The number of nitrogens with zero attached hydrogens (tertiary/aromatic N) is 1. The molecule has 0 unspecified atom stereocenters. The van der Waals surface area contributed by atoms with E-state index in [1.807, 2.05) is 60.7 Å². The summed E-state index contributed by atoms with van der Waals surface area (Å²) in [6, 6.07) is 27.9. The van der Waals surface area contributed by atoms with Crippen LogP contribution in [0.3, 0.4) is 0 Å². The average Bonchev–Trinajstić information content (AvgIpc) is 3.24. The van der Waals surface area contributed by atoms with Crippen LogP contribution in [0.25, 0.3) is 0 Å². The van der Waals surface area contributed by atoms with E-state index in [0.717, 1.165) is 25.1 Å². The molecule has 1 heterocycles. The maximum atomic E-state index is 12.5. The van der Waals surface area contributed by atoms with Crippen LogP contribution in [-0.2, 0) is 4.79 Å². The van der Waals surface area contributed by atoms with E-state index in [0.29, 0.717) is 18.7 Å². The van der Waals surface area contributed by atoms with Crippen LogP contribution in [0, 0.1) is 0 Å². The highest BCUT2D eigenvalue weighted by atomic mass is 16.2. The highest BCUT2D eigenvalue weighted by Gasteiger charge is 2.21. The Morgan fingerprint density at radius 2 is 1.58 bits per heavy atom. The fourth-order valence-electron chi connectivity index (χ4n) is 4.07. The number of nitrogens with one attached hydrogen (secondary N) is 2. The van der Waals surface area contributed by atoms with E-state index in [1.54, 1.807) is 4.90 Å². The molecule has 0 atom stereocenters. The predicted molar refractivity (Wildman–Crippen MR) is 124 cm³/mol. The summed E-state index contributed by atoms with van der Waals surface area (Å²) in [5.41, 5.74) is 3.98. The van der Waals surface area contributed by atoms with Gasteiger partial charge in [-0.15, -0.1) is 0 Å². The summed E-state index contributed by atoms with van der Waals surface area (Å²) in [7, 11) is 0. The minimum Gasteiger partial charge on any atom is -0.338 e. The van der Waals surface area contributed by atoms with Crippen molar-refractivity contribution in [2.45, 2.75) is 25.2 Å². The Hall–Kier alpha value is -3.60. The van der Waals surface area contributed by atoms with Crippen molar-refractivity contribution in [2.24, 2.45) is 0 Å². The van der Waals surface area contributed by atoms with Gasteiger partial charge in [0.25, 0.3) is 0 Å². The van der Waals surface area contributed by atoms with Gasteiger partial charge in [0.15, 0.2) is 0 Å². The molecular formula is C26H27N3O2. The lowest BCUT2D eigenvalue weighted by molar-refractivity contribution is -0.117. The van der Waals surface area contributed by atoms with Crippen molar-refractivity contribution in [1.82, 2.24) is 5.32 Å². The molecule has 1 aliphatic rings. The first kappa shape index (κ1) is 20.7. The molecule has 0 aromatic heterocycles. The molecule has 0 radical (unpaired) electrons. The van der Waals surface area contributed by atoms with Crippen LogP contribution < -0.4 is 15.5 Å². The van der Waals surface area contributed by atoms with Gasteiger partial charge in [-0.25, -0.2) is 4.79 Å². The molecule has 2 N–H and O–H groups in total. The third-order valence-electron chi connectivity index (χ3n) is 5.61. The quantitative estimate of drug-likeness (QED) is 0.562. The molecule has 0 saturated carbocycles. The molecule has 0 aliphatic carbocycles. The van der Waals surface area contributed by atoms with Crippen molar-refractivity contribution in [1.29, 1.82) is 0 Å². The third kappa shape index (κ3) is 5.31. The van der Waals surface area contributed by atoms with Gasteiger partial charge in [-0.2, -0.15) is 0 Å². The maximum Gasteiger partial charge on any atom is 0.319 e. The Morgan fingerprint density at radius 1 is 0.903 bits per heavy atom. The summed E-state index contributed by atoms with van der Waals surface area (Å²) in [4.78, 5) is 26.2. The molecular weight excluding hydrogens is 386 g/mol. The van der Waals surface area contributed by atoms with E-state index in [2.05, 4.69) is 34.9 Å². The molecule has 4 rings (SSSR count). The van der Waals surface area contributed by atoms with Crippen molar-refractivity contribution < 1.29 is 9.59 Å². The lowest BCUT2D eigenvalue weighted by Gasteiger charge is -2.19. The largest absolute Gasteiger partial charge is 0.338 e. The molecule has 3 aromatic carbocycles. The highest BCUT2D eigenvalue weighted by molar-refractivity contribution is 5.96. The van der Waals surface area contributed by atoms with E-state index >= 15 is 0 Å². The number of hydrogen-bond donors (Lipinski definition) is 2. The molecule has 1 saturated heterocycles. The van der Waals surface area contributed by atoms with Crippen LogP contribution in [0.1, 0.15) is 36.3 Å². The molecule has 5 heteroatoms. The van der Waals surface area contributed by atoms with Gasteiger partial charge in [-0.05, 0) is 42.2 Å². The molecule has 31 heavy (non-hydrogen) atoms. The number of carbonyl (C=O) groups is 2. The van der Waals surface area contributed by atoms with Crippen LogP contribution in [0.4, 0.5) is 16.2 Å². The smallest absolute Gasteiger partial charge is 0.319 e. The summed E-state index contributed by atoms with van der Waals surface area (Å²) in [5, 5.41) is 5.85. The number of rotatable bonds is 7. The van der Waals surface area contributed by atoms with E-state index in [4.69, 9.17) is 0 Å². The molecule has 158 valence electrons. The minimum absolute atomic E-state index is 0.134. The Balaban J connectivity index is 1.35. The molecule has 1 fully saturated rings. The Labute approximate surface area is 183 Å². The second-order valence-electron chi connectivity index (χ2n) is 7.74. The van der Waals surface area contributed by atoms with Crippen molar-refractivity contribution >= 4 is 23.3 Å². The van der Waals surface area contributed by atoms with Gasteiger partial charge in [0, 0.05) is 36.8 Å². The molecule has 5 nitrogen and oxygen atoms in total. The topological polar surface area (TPSA) is 61.4 Å². The van der Waals surface area contributed by atoms with Crippen LogP contribution >= 0.6 is 0 Å². The summed E-state index contributed by atoms with van der Waals surface area (Å²) < 4.78 is 0. The SMILES string of the molecule is O=C(NCCC(c1ccccc1)c1ccccc1)Nc1cccc(N2CCCC2=O)c1. The second-order valence-corrected chi connectivity index (χ2v) is 7.74. The molecule has 0 spiro atoms. The zero-order chi connectivity index (χ0) is 21.5. The van der Waals surface area contributed by atoms with E-state index < -0.39 is 0 Å². The summed E-state index contributed by atoms with van der Waals surface area (Å²) in [6.07, 6.45) is 2.26. The Morgan fingerprint density at radius 3 is 2.19 bits per heavy atom. The van der Waals surface area contributed by atoms with Crippen LogP contribution in [-0.4, -0.2) is 25.0 Å². The first-order valence-electron chi connectivity index (χ1n) is 10.8. The fourth-order valence-corrected chi connectivity index (χ4v) is 4.07. The first-order chi connectivity index (χ1) is 15.2.